The molecule has 1 amide bonds. The average molecular weight is 240 g/mol. The van der Waals surface area contributed by atoms with E-state index in [1.54, 1.807) is 21.0 Å². The highest BCUT2D eigenvalue weighted by molar-refractivity contribution is 5.87. The molecule has 1 aromatic heterocycles. The predicted octanol–water partition coefficient (Wildman–Crippen LogP) is 0.544. The summed E-state index contributed by atoms with van der Waals surface area (Å²) in [5.74, 6) is -0.590. The van der Waals surface area contributed by atoms with Crippen molar-refractivity contribution in [1.29, 1.82) is 0 Å². The van der Waals surface area contributed by atoms with Gasteiger partial charge >= 0.3 is 5.97 Å². The van der Waals surface area contributed by atoms with Gasteiger partial charge in [-0.15, -0.1) is 0 Å². The van der Waals surface area contributed by atoms with Crippen molar-refractivity contribution in [3.05, 3.63) is 23.7 Å². The predicted molar refractivity (Wildman–Crippen MR) is 60.7 cm³/mol. The summed E-state index contributed by atoms with van der Waals surface area (Å²) in [7, 11) is 3.35. The summed E-state index contributed by atoms with van der Waals surface area (Å²) < 4.78 is 5.05. The Morgan fingerprint density at radius 3 is 2.65 bits per heavy atom. The minimum Gasteiger partial charge on any atom is -0.478 e. The molecule has 0 bridgehead atoms. The molecule has 0 spiro atoms. The van der Waals surface area contributed by atoms with Gasteiger partial charge in [0.1, 0.15) is 12.0 Å². The highest BCUT2D eigenvalue weighted by Gasteiger charge is 2.15. The molecule has 1 aromatic rings. The Balaban J connectivity index is 2.50. The Morgan fingerprint density at radius 2 is 2.18 bits per heavy atom. The molecule has 17 heavy (non-hydrogen) atoms. The number of hydrogen-bond acceptors (Lipinski definition) is 4. The maximum atomic E-state index is 11.5. The van der Waals surface area contributed by atoms with E-state index in [0.29, 0.717) is 12.3 Å². The summed E-state index contributed by atoms with van der Waals surface area (Å²) in [5, 5.41) is 11.6. The van der Waals surface area contributed by atoms with Crippen molar-refractivity contribution in [2.75, 3.05) is 14.1 Å². The van der Waals surface area contributed by atoms with Crippen LogP contribution in [0.2, 0.25) is 0 Å². The second kappa shape index (κ2) is 5.49. The number of likely N-dealkylation sites (N-methyl/N-ethyl adjacent to an activating group) is 1. The quantitative estimate of drug-likeness (QED) is 0.785. The molecule has 1 rings (SSSR count). The van der Waals surface area contributed by atoms with E-state index in [4.69, 9.17) is 9.52 Å². The third kappa shape index (κ3) is 3.60. The fourth-order valence-corrected chi connectivity index (χ4v) is 1.31. The number of carbonyl (C=O) groups excluding carboxylic acids is 1. The van der Waals surface area contributed by atoms with E-state index < -0.39 is 5.97 Å². The van der Waals surface area contributed by atoms with Crippen LogP contribution in [0.25, 0.3) is 0 Å². The van der Waals surface area contributed by atoms with Crippen LogP contribution in [0.3, 0.4) is 0 Å². The normalized spacial score (nSPS) is 12.2. The molecule has 0 radical (unpaired) electrons. The molecule has 0 aliphatic carbocycles. The summed E-state index contributed by atoms with van der Waals surface area (Å²) in [6, 6.07) is 1.09. The van der Waals surface area contributed by atoms with Gasteiger partial charge in [0.2, 0.25) is 5.91 Å². The topological polar surface area (TPSA) is 82.8 Å². The van der Waals surface area contributed by atoms with Gasteiger partial charge in [0.05, 0.1) is 18.2 Å². The number of nitrogens with one attached hydrogen (secondary N) is 1. The van der Waals surface area contributed by atoms with Gasteiger partial charge in [-0.1, -0.05) is 0 Å². The first-order valence-corrected chi connectivity index (χ1v) is 5.17. The van der Waals surface area contributed by atoms with Gasteiger partial charge < -0.3 is 14.4 Å². The van der Waals surface area contributed by atoms with Gasteiger partial charge in [-0.25, -0.2) is 4.79 Å². The zero-order chi connectivity index (χ0) is 13.0. The van der Waals surface area contributed by atoms with Crippen LogP contribution in [0, 0.1) is 0 Å². The first-order chi connectivity index (χ1) is 7.91. The molecule has 1 unspecified atom stereocenters. The highest BCUT2D eigenvalue weighted by atomic mass is 16.4. The van der Waals surface area contributed by atoms with Crippen LogP contribution >= 0.6 is 0 Å². The number of aromatic carboxylic acids is 1. The van der Waals surface area contributed by atoms with Crippen LogP contribution in [-0.2, 0) is 11.3 Å². The van der Waals surface area contributed by atoms with E-state index in [9.17, 15) is 9.59 Å². The summed E-state index contributed by atoms with van der Waals surface area (Å²) in [5.41, 5.74) is 0.105. The van der Waals surface area contributed by atoms with Gasteiger partial charge in [-0.3, -0.25) is 10.1 Å². The molecule has 2 N–H and O–H groups in total. The summed E-state index contributed by atoms with van der Waals surface area (Å²) in [6.45, 7) is 2.05. The second-order valence-electron chi connectivity index (χ2n) is 3.94. The number of rotatable bonds is 5. The maximum absolute atomic E-state index is 11.5. The molecule has 0 aromatic carbocycles. The lowest BCUT2D eigenvalue weighted by Crippen LogP contribution is -2.41. The number of carboxylic acid groups (broad SMARTS) is 1. The van der Waals surface area contributed by atoms with Crippen molar-refractivity contribution in [2.24, 2.45) is 0 Å². The standard InChI is InChI=1S/C11H16N2O4/c1-7(10(14)13(2)3)12-5-9-4-8(6-17-9)11(15)16/h4,6-7,12H,5H2,1-3H3,(H,15,16). The average Bonchev–Trinajstić information content (AvgIpc) is 2.73. The largest absolute Gasteiger partial charge is 0.478 e. The van der Waals surface area contributed by atoms with Crippen molar-refractivity contribution in [2.45, 2.75) is 19.5 Å². The SMILES string of the molecule is CC(NCc1cc(C(=O)O)co1)C(=O)N(C)C. The van der Waals surface area contributed by atoms with Crippen molar-refractivity contribution in [1.82, 2.24) is 10.2 Å². The Kier molecular flexibility index (Phi) is 4.28. The van der Waals surface area contributed by atoms with Crippen LogP contribution in [0.15, 0.2) is 16.7 Å². The van der Waals surface area contributed by atoms with E-state index in [1.807, 2.05) is 0 Å². The third-order valence-electron chi connectivity index (χ3n) is 2.29. The van der Waals surface area contributed by atoms with Crippen LogP contribution in [-0.4, -0.2) is 42.0 Å². The molecule has 6 heteroatoms. The van der Waals surface area contributed by atoms with Crippen molar-refractivity contribution < 1.29 is 19.1 Å². The number of hydrogen-bond donors (Lipinski definition) is 2. The fourth-order valence-electron chi connectivity index (χ4n) is 1.31. The Bertz CT molecular complexity index is 411. The molecule has 0 aliphatic heterocycles. The Labute approximate surface area is 99.2 Å². The molecular formula is C11H16N2O4. The van der Waals surface area contributed by atoms with Crippen molar-refractivity contribution in [3.63, 3.8) is 0 Å². The minimum atomic E-state index is -1.03. The van der Waals surface area contributed by atoms with Crippen LogP contribution in [0.4, 0.5) is 0 Å². The number of carboxylic acids is 1. The van der Waals surface area contributed by atoms with Crippen LogP contribution in [0.5, 0.6) is 0 Å². The van der Waals surface area contributed by atoms with Gasteiger partial charge in [-0.2, -0.15) is 0 Å². The molecular weight excluding hydrogens is 224 g/mol. The van der Waals surface area contributed by atoms with Crippen molar-refractivity contribution in [3.8, 4) is 0 Å². The third-order valence-corrected chi connectivity index (χ3v) is 2.29. The van der Waals surface area contributed by atoms with Gasteiger partial charge in [0, 0.05) is 14.1 Å². The molecule has 1 heterocycles. The minimum absolute atomic E-state index is 0.0463. The van der Waals surface area contributed by atoms with Crippen LogP contribution < -0.4 is 5.32 Å². The molecule has 0 saturated carbocycles. The lowest BCUT2D eigenvalue weighted by molar-refractivity contribution is -0.130. The van der Waals surface area contributed by atoms with E-state index in [0.717, 1.165) is 0 Å². The summed E-state index contributed by atoms with van der Waals surface area (Å²) in [6.07, 6.45) is 1.18. The smallest absolute Gasteiger partial charge is 0.338 e. The van der Waals surface area contributed by atoms with Crippen molar-refractivity contribution >= 4 is 11.9 Å². The number of nitrogens with zero attached hydrogens (tertiary/aromatic N) is 1. The van der Waals surface area contributed by atoms with E-state index >= 15 is 0 Å². The van der Waals surface area contributed by atoms with Gasteiger partial charge in [-0.05, 0) is 13.0 Å². The molecule has 0 fully saturated rings. The summed E-state index contributed by atoms with van der Waals surface area (Å²) in [4.78, 5) is 23.6. The van der Waals surface area contributed by atoms with E-state index in [2.05, 4.69) is 5.32 Å². The van der Waals surface area contributed by atoms with Crippen LogP contribution in [0.1, 0.15) is 23.0 Å². The molecule has 6 nitrogen and oxygen atoms in total. The van der Waals surface area contributed by atoms with Gasteiger partial charge in [0.25, 0.3) is 0 Å². The lowest BCUT2D eigenvalue weighted by atomic mass is 10.2. The monoisotopic (exact) mass is 240 g/mol. The maximum Gasteiger partial charge on any atom is 0.338 e. The van der Waals surface area contributed by atoms with E-state index in [1.165, 1.54) is 17.2 Å². The lowest BCUT2D eigenvalue weighted by Gasteiger charge is -2.17. The zero-order valence-corrected chi connectivity index (χ0v) is 10.1. The number of carbonyl (C=O) groups is 2. The zero-order valence-electron chi connectivity index (χ0n) is 10.1. The first kappa shape index (κ1) is 13.2. The molecule has 94 valence electrons. The second-order valence-corrected chi connectivity index (χ2v) is 3.94. The highest BCUT2D eigenvalue weighted by Crippen LogP contribution is 2.07. The number of amides is 1. The van der Waals surface area contributed by atoms with Gasteiger partial charge in [0.15, 0.2) is 0 Å². The number of furan rings is 1. The Morgan fingerprint density at radius 1 is 1.53 bits per heavy atom. The molecule has 0 aliphatic rings. The fraction of sp³-hybridized carbons (Fsp3) is 0.455. The van der Waals surface area contributed by atoms with E-state index in [-0.39, 0.29) is 17.5 Å². The Hall–Kier alpha value is -1.82. The molecule has 0 saturated heterocycles. The summed E-state index contributed by atoms with van der Waals surface area (Å²) >= 11 is 0. The first-order valence-electron chi connectivity index (χ1n) is 5.17. The molecule has 1 atom stereocenters.